The SMILES string of the molecule is CC(O)C1CCN(CCCCl)CC1. The number of alkyl halides is 1. The van der Waals surface area contributed by atoms with Crippen molar-refractivity contribution in [1.29, 1.82) is 0 Å². The Bertz CT molecular complexity index is 133. The van der Waals surface area contributed by atoms with Gasteiger partial charge in [0, 0.05) is 5.88 Å². The van der Waals surface area contributed by atoms with Crippen LogP contribution in [0.5, 0.6) is 0 Å². The average Bonchev–Trinajstić information content (AvgIpc) is 2.15. The highest BCUT2D eigenvalue weighted by molar-refractivity contribution is 6.17. The van der Waals surface area contributed by atoms with Crippen LogP contribution in [-0.2, 0) is 0 Å². The summed E-state index contributed by atoms with van der Waals surface area (Å²) in [6.07, 6.45) is 3.23. The molecule has 1 atom stereocenters. The molecule has 1 heterocycles. The molecule has 1 aliphatic heterocycles. The van der Waals surface area contributed by atoms with Gasteiger partial charge in [0.1, 0.15) is 0 Å². The summed E-state index contributed by atoms with van der Waals surface area (Å²) in [6.45, 7) is 5.29. The van der Waals surface area contributed by atoms with Crippen molar-refractivity contribution in [3.05, 3.63) is 0 Å². The highest BCUT2D eigenvalue weighted by Gasteiger charge is 2.21. The molecule has 1 aliphatic rings. The Hall–Kier alpha value is 0.210. The summed E-state index contributed by atoms with van der Waals surface area (Å²) in [7, 11) is 0. The molecule has 1 fully saturated rings. The standard InChI is InChI=1S/C10H20ClNO/c1-9(13)10-3-7-12(8-4-10)6-2-5-11/h9-10,13H,2-8H2,1H3. The van der Waals surface area contributed by atoms with Crippen molar-refractivity contribution in [2.45, 2.75) is 32.3 Å². The van der Waals surface area contributed by atoms with Crippen LogP contribution in [-0.4, -0.2) is 41.6 Å². The van der Waals surface area contributed by atoms with Crippen molar-refractivity contribution in [3.8, 4) is 0 Å². The van der Waals surface area contributed by atoms with E-state index < -0.39 is 0 Å². The Balaban J connectivity index is 2.15. The number of piperidine rings is 1. The van der Waals surface area contributed by atoms with Crippen LogP contribution in [0.15, 0.2) is 0 Å². The summed E-state index contributed by atoms with van der Waals surface area (Å²) in [5.41, 5.74) is 0. The monoisotopic (exact) mass is 205 g/mol. The number of aliphatic hydroxyl groups is 1. The van der Waals surface area contributed by atoms with Crippen LogP contribution in [0.2, 0.25) is 0 Å². The molecule has 0 spiro atoms. The fraction of sp³-hybridized carbons (Fsp3) is 1.00. The van der Waals surface area contributed by atoms with Gasteiger partial charge in [-0.15, -0.1) is 11.6 Å². The first-order valence-corrected chi connectivity index (χ1v) is 5.74. The number of hydrogen-bond acceptors (Lipinski definition) is 2. The van der Waals surface area contributed by atoms with Crippen LogP contribution in [0.25, 0.3) is 0 Å². The Kier molecular flexibility index (Phi) is 5.07. The van der Waals surface area contributed by atoms with Crippen molar-refractivity contribution in [2.75, 3.05) is 25.5 Å². The first-order valence-electron chi connectivity index (χ1n) is 5.20. The number of hydrogen-bond donors (Lipinski definition) is 1. The minimum Gasteiger partial charge on any atom is -0.393 e. The van der Waals surface area contributed by atoms with Crippen LogP contribution in [0, 0.1) is 5.92 Å². The van der Waals surface area contributed by atoms with E-state index in [1.807, 2.05) is 6.92 Å². The number of nitrogens with zero attached hydrogens (tertiary/aromatic N) is 1. The molecule has 3 heteroatoms. The molecule has 1 unspecified atom stereocenters. The normalized spacial score (nSPS) is 23.3. The van der Waals surface area contributed by atoms with Gasteiger partial charge >= 0.3 is 0 Å². The molecule has 0 aromatic heterocycles. The predicted molar refractivity (Wildman–Crippen MR) is 56.2 cm³/mol. The van der Waals surface area contributed by atoms with Crippen LogP contribution >= 0.6 is 11.6 Å². The fourth-order valence-electron chi connectivity index (χ4n) is 1.94. The molecular weight excluding hydrogens is 186 g/mol. The van der Waals surface area contributed by atoms with E-state index in [4.69, 9.17) is 11.6 Å². The molecule has 2 nitrogen and oxygen atoms in total. The lowest BCUT2D eigenvalue weighted by Gasteiger charge is -2.33. The van der Waals surface area contributed by atoms with Crippen LogP contribution < -0.4 is 0 Å². The first kappa shape index (κ1) is 11.3. The van der Waals surface area contributed by atoms with Gasteiger partial charge < -0.3 is 10.0 Å². The number of rotatable bonds is 4. The summed E-state index contributed by atoms with van der Waals surface area (Å²) >= 11 is 5.63. The highest BCUT2D eigenvalue weighted by Crippen LogP contribution is 2.20. The van der Waals surface area contributed by atoms with Crippen LogP contribution in [0.3, 0.4) is 0 Å². The van der Waals surface area contributed by atoms with Crippen molar-refractivity contribution < 1.29 is 5.11 Å². The lowest BCUT2D eigenvalue weighted by Crippen LogP contribution is -2.37. The smallest absolute Gasteiger partial charge is 0.0541 e. The molecule has 78 valence electrons. The zero-order valence-corrected chi connectivity index (χ0v) is 9.13. The predicted octanol–water partition coefficient (Wildman–Crippen LogP) is 1.71. The van der Waals surface area contributed by atoms with Gasteiger partial charge in [-0.25, -0.2) is 0 Å². The highest BCUT2D eigenvalue weighted by atomic mass is 35.5. The minimum atomic E-state index is -0.129. The van der Waals surface area contributed by atoms with E-state index in [2.05, 4.69) is 4.90 Å². The van der Waals surface area contributed by atoms with E-state index >= 15 is 0 Å². The average molecular weight is 206 g/mol. The van der Waals surface area contributed by atoms with E-state index in [1.165, 1.54) is 0 Å². The van der Waals surface area contributed by atoms with Gasteiger partial charge in [-0.3, -0.25) is 0 Å². The van der Waals surface area contributed by atoms with Gasteiger partial charge in [0.15, 0.2) is 0 Å². The molecule has 1 saturated heterocycles. The Morgan fingerprint density at radius 3 is 2.54 bits per heavy atom. The largest absolute Gasteiger partial charge is 0.393 e. The molecule has 0 aromatic rings. The van der Waals surface area contributed by atoms with Crippen LogP contribution in [0.4, 0.5) is 0 Å². The summed E-state index contributed by atoms with van der Waals surface area (Å²) in [5, 5.41) is 9.40. The summed E-state index contributed by atoms with van der Waals surface area (Å²) in [6, 6.07) is 0. The molecule has 0 amide bonds. The quantitative estimate of drug-likeness (QED) is 0.707. The zero-order valence-electron chi connectivity index (χ0n) is 8.38. The summed E-state index contributed by atoms with van der Waals surface area (Å²) < 4.78 is 0. The van der Waals surface area contributed by atoms with Gasteiger partial charge in [-0.2, -0.15) is 0 Å². The third-order valence-electron chi connectivity index (χ3n) is 2.92. The lowest BCUT2D eigenvalue weighted by atomic mass is 9.92. The minimum absolute atomic E-state index is 0.129. The van der Waals surface area contributed by atoms with Gasteiger partial charge in [0.2, 0.25) is 0 Å². The second kappa shape index (κ2) is 5.84. The molecular formula is C10H20ClNO. The number of aliphatic hydroxyl groups excluding tert-OH is 1. The molecule has 0 saturated carbocycles. The Morgan fingerprint density at radius 1 is 1.46 bits per heavy atom. The molecule has 1 N–H and O–H groups in total. The van der Waals surface area contributed by atoms with Crippen molar-refractivity contribution >= 4 is 11.6 Å². The maximum Gasteiger partial charge on any atom is 0.0541 e. The van der Waals surface area contributed by atoms with Crippen molar-refractivity contribution in [2.24, 2.45) is 5.92 Å². The van der Waals surface area contributed by atoms with Crippen molar-refractivity contribution in [3.63, 3.8) is 0 Å². The van der Waals surface area contributed by atoms with Gasteiger partial charge in [-0.1, -0.05) is 0 Å². The van der Waals surface area contributed by atoms with Crippen molar-refractivity contribution in [1.82, 2.24) is 4.90 Å². The maximum atomic E-state index is 9.40. The molecule has 0 radical (unpaired) electrons. The maximum absolute atomic E-state index is 9.40. The molecule has 0 aliphatic carbocycles. The van der Waals surface area contributed by atoms with Gasteiger partial charge in [-0.05, 0) is 51.7 Å². The molecule has 0 aromatic carbocycles. The Morgan fingerprint density at radius 2 is 2.08 bits per heavy atom. The van der Waals surface area contributed by atoms with Gasteiger partial charge in [0.05, 0.1) is 6.10 Å². The summed E-state index contributed by atoms with van der Waals surface area (Å²) in [5.74, 6) is 1.28. The fourth-order valence-corrected chi connectivity index (χ4v) is 2.06. The first-order chi connectivity index (χ1) is 6.24. The molecule has 1 rings (SSSR count). The Labute approximate surface area is 85.9 Å². The summed E-state index contributed by atoms with van der Waals surface area (Å²) in [4.78, 5) is 2.45. The van der Waals surface area contributed by atoms with E-state index in [1.54, 1.807) is 0 Å². The lowest BCUT2D eigenvalue weighted by molar-refractivity contribution is 0.0720. The topological polar surface area (TPSA) is 23.5 Å². The van der Waals surface area contributed by atoms with E-state index in [-0.39, 0.29) is 6.10 Å². The van der Waals surface area contributed by atoms with E-state index in [0.717, 1.165) is 44.8 Å². The van der Waals surface area contributed by atoms with Crippen LogP contribution in [0.1, 0.15) is 26.2 Å². The molecule has 0 bridgehead atoms. The van der Waals surface area contributed by atoms with E-state index in [9.17, 15) is 5.11 Å². The number of halogens is 1. The zero-order chi connectivity index (χ0) is 9.68. The third-order valence-corrected chi connectivity index (χ3v) is 3.19. The van der Waals surface area contributed by atoms with Gasteiger partial charge in [0.25, 0.3) is 0 Å². The second-order valence-electron chi connectivity index (χ2n) is 3.96. The second-order valence-corrected chi connectivity index (χ2v) is 4.34. The van der Waals surface area contributed by atoms with E-state index in [0.29, 0.717) is 5.92 Å². The third kappa shape index (κ3) is 3.84. The number of likely N-dealkylation sites (tertiary alicyclic amines) is 1. The molecule has 13 heavy (non-hydrogen) atoms.